The van der Waals surface area contributed by atoms with Crippen LogP contribution in [0.3, 0.4) is 0 Å². The number of H-pyrrole nitrogens is 1. The molecule has 0 aliphatic heterocycles. The van der Waals surface area contributed by atoms with Gasteiger partial charge in [0, 0.05) is 23.1 Å². The fourth-order valence-corrected chi connectivity index (χ4v) is 3.50. The molecule has 0 radical (unpaired) electrons. The van der Waals surface area contributed by atoms with Crippen molar-refractivity contribution < 1.29 is 9.47 Å². The molecule has 126 valence electrons. The largest absolute Gasteiger partial charge is 0.493 e. The number of benzene rings is 1. The molecule has 25 heavy (non-hydrogen) atoms. The highest BCUT2D eigenvalue weighted by atomic mass is 32.1. The van der Waals surface area contributed by atoms with Crippen molar-refractivity contribution in [3.05, 3.63) is 59.4 Å². The second-order valence-corrected chi connectivity index (χ2v) is 6.57. The second-order valence-electron chi connectivity index (χ2n) is 5.62. The Morgan fingerprint density at radius 3 is 2.72 bits per heavy atom. The zero-order chi connectivity index (χ0) is 17.2. The Kier molecular flexibility index (Phi) is 4.11. The van der Waals surface area contributed by atoms with Crippen molar-refractivity contribution in [2.45, 2.75) is 6.42 Å². The summed E-state index contributed by atoms with van der Waals surface area (Å²) >= 11 is 1.70. The van der Waals surface area contributed by atoms with Crippen LogP contribution in [0.25, 0.3) is 21.6 Å². The summed E-state index contributed by atoms with van der Waals surface area (Å²) in [5.74, 6) is 2.31. The van der Waals surface area contributed by atoms with Gasteiger partial charge in [-0.3, -0.25) is 0 Å². The molecule has 1 aromatic carbocycles. The van der Waals surface area contributed by atoms with Crippen LogP contribution in [0.15, 0.2) is 48.0 Å². The molecule has 0 spiro atoms. The van der Waals surface area contributed by atoms with E-state index in [9.17, 15) is 0 Å². The Hall–Kier alpha value is -2.86. The van der Waals surface area contributed by atoms with E-state index in [-0.39, 0.29) is 0 Å². The maximum Gasteiger partial charge on any atom is 0.161 e. The Morgan fingerprint density at radius 2 is 1.96 bits per heavy atom. The number of imidazole rings is 1. The van der Waals surface area contributed by atoms with Crippen molar-refractivity contribution in [1.29, 1.82) is 0 Å². The normalized spacial score (nSPS) is 11.0. The van der Waals surface area contributed by atoms with E-state index in [1.165, 1.54) is 4.88 Å². The molecule has 0 aliphatic carbocycles. The van der Waals surface area contributed by atoms with Crippen molar-refractivity contribution in [2.24, 2.45) is 0 Å². The number of methoxy groups -OCH3 is 2. The summed E-state index contributed by atoms with van der Waals surface area (Å²) in [7, 11) is 3.27. The summed E-state index contributed by atoms with van der Waals surface area (Å²) in [4.78, 5) is 13.7. The van der Waals surface area contributed by atoms with Gasteiger partial charge in [-0.15, -0.1) is 11.3 Å². The monoisotopic (exact) mass is 351 g/mol. The highest BCUT2D eigenvalue weighted by Gasteiger charge is 2.10. The van der Waals surface area contributed by atoms with E-state index >= 15 is 0 Å². The molecule has 4 rings (SSSR count). The van der Waals surface area contributed by atoms with E-state index < -0.39 is 0 Å². The van der Waals surface area contributed by atoms with Crippen LogP contribution in [0.2, 0.25) is 0 Å². The van der Waals surface area contributed by atoms with Crippen LogP contribution in [0, 0.1) is 0 Å². The van der Waals surface area contributed by atoms with E-state index in [2.05, 4.69) is 27.5 Å². The summed E-state index contributed by atoms with van der Waals surface area (Å²) in [6, 6.07) is 12.1. The number of aromatic nitrogens is 3. The number of hydrogen-bond donors (Lipinski definition) is 1. The van der Waals surface area contributed by atoms with Crippen LogP contribution < -0.4 is 9.47 Å². The molecule has 0 atom stereocenters. The molecule has 1 N–H and O–H groups in total. The molecule has 5 nitrogen and oxygen atoms in total. The van der Waals surface area contributed by atoms with Gasteiger partial charge in [-0.2, -0.15) is 0 Å². The second kappa shape index (κ2) is 6.57. The van der Waals surface area contributed by atoms with E-state index in [1.54, 1.807) is 25.6 Å². The zero-order valence-corrected chi connectivity index (χ0v) is 14.8. The molecular formula is C19H17N3O2S. The first-order valence-corrected chi connectivity index (χ1v) is 8.74. The molecule has 0 amide bonds. The number of hydrogen-bond acceptors (Lipinski definition) is 5. The summed E-state index contributed by atoms with van der Waals surface area (Å²) in [6.45, 7) is 0. The third-order valence-electron chi connectivity index (χ3n) is 4.01. The minimum atomic E-state index is 0.672. The highest BCUT2D eigenvalue weighted by Crippen LogP contribution is 2.29. The summed E-state index contributed by atoms with van der Waals surface area (Å²) in [5.41, 5.74) is 3.86. The number of pyridine rings is 1. The first-order chi connectivity index (χ1) is 12.3. The molecule has 3 aromatic heterocycles. The van der Waals surface area contributed by atoms with Gasteiger partial charge in [-0.25, -0.2) is 9.97 Å². The third kappa shape index (κ3) is 3.08. The van der Waals surface area contributed by atoms with Gasteiger partial charge in [0.15, 0.2) is 17.1 Å². The lowest BCUT2D eigenvalue weighted by Gasteiger charge is -2.08. The molecule has 0 aliphatic rings. The average molecular weight is 351 g/mol. The Bertz CT molecular complexity index is 1010. The van der Waals surface area contributed by atoms with Gasteiger partial charge in [0.1, 0.15) is 11.3 Å². The van der Waals surface area contributed by atoms with E-state index in [4.69, 9.17) is 14.5 Å². The van der Waals surface area contributed by atoms with Gasteiger partial charge in [-0.05, 0) is 35.2 Å². The standard InChI is InChI=1S/C19H17N3O2S/c1-23-15-6-5-12(8-16(15)24-2)9-18-21-14-10-13(11-20-19(14)22-18)17-4-3-7-25-17/h3-8,10-11H,9H2,1-2H3,(H,20,21,22). The van der Waals surface area contributed by atoms with E-state index in [1.807, 2.05) is 30.5 Å². The number of nitrogens with zero attached hydrogens (tertiary/aromatic N) is 2. The number of rotatable bonds is 5. The predicted octanol–water partition coefficient (Wildman–Crippen LogP) is 4.29. The molecule has 0 fully saturated rings. The van der Waals surface area contributed by atoms with Crippen LogP contribution in [-0.2, 0) is 6.42 Å². The number of ether oxygens (including phenoxy) is 2. The maximum atomic E-state index is 5.36. The van der Waals surface area contributed by atoms with Crippen LogP contribution in [0.5, 0.6) is 11.5 Å². The van der Waals surface area contributed by atoms with Crippen molar-refractivity contribution in [3.8, 4) is 21.9 Å². The smallest absolute Gasteiger partial charge is 0.161 e. The van der Waals surface area contributed by atoms with Gasteiger partial charge in [0.05, 0.1) is 14.2 Å². The first kappa shape index (κ1) is 15.7. The van der Waals surface area contributed by atoms with Crippen molar-refractivity contribution in [3.63, 3.8) is 0 Å². The molecule has 0 saturated heterocycles. The number of thiophene rings is 1. The Morgan fingerprint density at radius 1 is 1.08 bits per heavy atom. The highest BCUT2D eigenvalue weighted by molar-refractivity contribution is 7.13. The van der Waals surface area contributed by atoms with Gasteiger partial charge in [0.2, 0.25) is 0 Å². The molecule has 6 heteroatoms. The van der Waals surface area contributed by atoms with Gasteiger partial charge < -0.3 is 14.5 Å². The SMILES string of the molecule is COc1ccc(Cc2nc3cc(-c4cccs4)cnc3[nH]2)cc1OC. The molecule has 0 unspecified atom stereocenters. The quantitative estimate of drug-likeness (QED) is 0.582. The van der Waals surface area contributed by atoms with Crippen LogP contribution in [-0.4, -0.2) is 29.2 Å². The summed E-state index contributed by atoms with van der Waals surface area (Å²) in [6.07, 6.45) is 2.55. The molecule has 4 aromatic rings. The number of aromatic amines is 1. The lowest BCUT2D eigenvalue weighted by atomic mass is 10.1. The molecule has 0 bridgehead atoms. The lowest BCUT2D eigenvalue weighted by Crippen LogP contribution is -1.95. The molecule has 0 saturated carbocycles. The predicted molar refractivity (Wildman–Crippen MR) is 99.6 cm³/mol. The fourth-order valence-electron chi connectivity index (χ4n) is 2.79. The lowest BCUT2D eigenvalue weighted by molar-refractivity contribution is 0.354. The van der Waals surface area contributed by atoms with Gasteiger partial charge >= 0.3 is 0 Å². The maximum absolute atomic E-state index is 5.36. The topological polar surface area (TPSA) is 60.0 Å². The average Bonchev–Trinajstić information content (AvgIpc) is 3.30. The minimum absolute atomic E-state index is 0.672. The first-order valence-electron chi connectivity index (χ1n) is 7.86. The van der Waals surface area contributed by atoms with Crippen molar-refractivity contribution in [2.75, 3.05) is 14.2 Å². The zero-order valence-electron chi connectivity index (χ0n) is 13.9. The van der Waals surface area contributed by atoms with E-state index in [0.717, 1.165) is 33.9 Å². The third-order valence-corrected chi connectivity index (χ3v) is 4.93. The van der Waals surface area contributed by atoms with Crippen LogP contribution in [0.1, 0.15) is 11.4 Å². The van der Waals surface area contributed by atoms with E-state index in [0.29, 0.717) is 12.2 Å². The van der Waals surface area contributed by atoms with Gasteiger partial charge in [-0.1, -0.05) is 12.1 Å². The van der Waals surface area contributed by atoms with Gasteiger partial charge in [0.25, 0.3) is 0 Å². The summed E-state index contributed by atoms with van der Waals surface area (Å²) < 4.78 is 10.6. The van der Waals surface area contributed by atoms with Crippen molar-refractivity contribution in [1.82, 2.24) is 15.0 Å². The minimum Gasteiger partial charge on any atom is -0.493 e. The summed E-state index contributed by atoms with van der Waals surface area (Å²) in [5, 5.41) is 2.06. The van der Waals surface area contributed by atoms with Crippen LogP contribution >= 0.6 is 11.3 Å². The molecule has 3 heterocycles. The fraction of sp³-hybridized carbons (Fsp3) is 0.158. The molecular weight excluding hydrogens is 334 g/mol. The Balaban J connectivity index is 1.64. The van der Waals surface area contributed by atoms with Crippen LogP contribution in [0.4, 0.5) is 0 Å². The number of nitrogens with one attached hydrogen (secondary N) is 1. The number of fused-ring (bicyclic) bond motifs is 1. The Labute approximate surface area is 149 Å². The van der Waals surface area contributed by atoms with Crippen molar-refractivity contribution >= 4 is 22.5 Å².